The first-order valence-electron chi connectivity index (χ1n) is 3.58. The van der Waals surface area contributed by atoms with Crippen LogP contribution in [-0.4, -0.2) is 24.7 Å². The second-order valence-electron chi connectivity index (χ2n) is 2.40. The molecule has 2 heterocycles. The van der Waals surface area contributed by atoms with Crippen LogP contribution in [0.2, 0.25) is 0 Å². The third kappa shape index (κ3) is 1.68. The Morgan fingerprint density at radius 3 is 2.69 bits per heavy atom. The highest BCUT2D eigenvalue weighted by atomic mass is 32.1. The van der Waals surface area contributed by atoms with Gasteiger partial charge in [-0.25, -0.2) is 9.97 Å². The monoisotopic (exact) mass is 194 g/mol. The third-order valence-electron chi connectivity index (χ3n) is 1.55. The summed E-state index contributed by atoms with van der Waals surface area (Å²) in [6.45, 7) is 0. The fraction of sp³-hybridized carbons (Fsp3) is 0.143. The van der Waals surface area contributed by atoms with Crippen molar-refractivity contribution in [3.63, 3.8) is 0 Å². The molecular formula is C7H6N4OS. The second kappa shape index (κ2) is 3.55. The number of nitrogens with zero attached hydrogens (tertiary/aromatic N) is 4. The van der Waals surface area contributed by atoms with Crippen LogP contribution in [-0.2, 0) is 0 Å². The van der Waals surface area contributed by atoms with E-state index in [2.05, 4.69) is 19.6 Å². The van der Waals surface area contributed by atoms with E-state index in [1.807, 2.05) is 0 Å². The van der Waals surface area contributed by atoms with Gasteiger partial charge in [0.25, 0.3) is 0 Å². The number of aliphatic hydroxyl groups excluding tert-OH is 1. The lowest BCUT2D eigenvalue weighted by atomic mass is 10.1. The van der Waals surface area contributed by atoms with Crippen LogP contribution >= 0.6 is 11.5 Å². The van der Waals surface area contributed by atoms with Crippen LogP contribution in [0, 0.1) is 0 Å². The summed E-state index contributed by atoms with van der Waals surface area (Å²) >= 11 is 1.20. The van der Waals surface area contributed by atoms with Crippen molar-refractivity contribution in [2.75, 3.05) is 0 Å². The van der Waals surface area contributed by atoms with Crippen LogP contribution < -0.4 is 0 Å². The summed E-state index contributed by atoms with van der Waals surface area (Å²) in [5.41, 5.74) is 1.15. The third-order valence-corrected chi connectivity index (χ3v) is 2.08. The maximum atomic E-state index is 9.70. The molecule has 0 saturated carbocycles. The Kier molecular flexibility index (Phi) is 2.24. The van der Waals surface area contributed by atoms with Gasteiger partial charge in [0.2, 0.25) is 0 Å². The molecule has 0 bridgehead atoms. The van der Waals surface area contributed by atoms with Crippen LogP contribution in [0.5, 0.6) is 0 Å². The van der Waals surface area contributed by atoms with E-state index in [9.17, 15) is 5.11 Å². The Balaban J connectivity index is 2.29. The van der Waals surface area contributed by atoms with Gasteiger partial charge in [-0.1, -0.05) is 4.49 Å². The minimum Gasteiger partial charge on any atom is -0.382 e. The zero-order valence-electron chi connectivity index (χ0n) is 6.53. The van der Waals surface area contributed by atoms with Gasteiger partial charge in [-0.3, -0.25) is 0 Å². The van der Waals surface area contributed by atoms with Crippen molar-refractivity contribution in [1.29, 1.82) is 0 Å². The van der Waals surface area contributed by atoms with E-state index in [-0.39, 0.29) is 0 Å². The number of hydrogen-bond acceptors (Lipinski definition) is 6. The van der Waals surface area contributed by atoms with E-state index in [4.69, 9.17) is 0 Å². The first kappa shape index (κ1) is 8.21. The van der Waals surface area contributed by atoms with Gasteiger partial charge in [0.15, 0.2) is 0 Å². The van der Waals surface area contributed by atoms with Crippen molar-refractivity contribution in [3.05, 3.63) is 35.4 Å². The summed E-state index contributed by atoms with van der Waals surface area (Å²) in [7, 11) is 0. The Hall–Kier alpha value is -1.40. The molecule has 5 nitrogen and oxygen atoms in total. The molecule has 2 aromatic heterocycles. The minimum absolute atomic E-state index is 0.528. The van der Waals surface area contributed by atoms with Crippen LogP contribution in [0.25, 0.3) is 0 Å². The SMILES string of the molecule is OC(c1cncnc1)c1csnn1. The molecule has 0 saturated heterocycles. The molecule has 0 aromatic carbocycles. The summed E-state index contributed by atoms with van der Waals surface area (Å²) in [5, 5.41) is 15.2. The fourth-order valence-electron chi connectivity index (χ4n) is 0.914. The lowest BCUT2D eigenvalue weighted by Crippen LogP contribution is -2.01. The fourth-order valence-corrected chi connectivity index (χ4v) is 1.39. The van der Waals surface area contributed by atoms with Gasteiger partial charge < -0.3 is 5.11 Å². The molecule has 0 aliphatic carbocycles. The number of aliphatic hydroxyl groups is 1. The number of rotatable bonds is 2. The van der Waals surface area contributed by atoms with Crippen molar-refractivity contribution < 1.29 is 5.11 Å². The van der Waals surface area contributed by atoms with E-state index >= 15 is 0 Å². The molecule has 6 heteroatoms. The van der Waals surface area contributed by atoms with Gasteiger partial charge in [-0.05, 0) is 11.5 Å². The summed E-state index contributed by atoms with van der Waals surface area (Å²) in [5.74, 6) is 0. The quantitative estimate of drug-likeness (QED) is 0.749. The zero-order valence-corrected chi connectivity index (χ0v) is 7.35. The summed E-state index contributed by atoms with van der Waals surface area (Å²) < 4.78 is 3.66. The van der Waals surface area contributed by atoms with E-state index in [0.717, 1.165) is 0 Å². The lowest BCUT2D eigenvalue weighted by molar-refractivity contribution is 0.214. The van der Waals surface area contributed by atoms with Crippen LogP contribution in [0.15, 0.2) is 24.1 Å². The Morgan fingerprint density at radius 1 is 1.31 bits per heavy atom. The molecule has 0 amide bonds. The van der Waals surface area contributed by atoms with Crippen molar-refractivity contribution in [3.8, 4) is 0 Å². The minimum atomic E-state index is -0.778. The zero-order chi connectivity index (χ0) is 9.10. The topological polar surface area (TPSA) is 71.8 Å². The second-order valence-corrected chi connectivity index (χ2v) is 3.01. The van der Waals surface area contributed by atoms with Crippen molar-refractivity contribution in [2.45, 2.75) is 6.10 Å². The van der Waals surface area contributed by atoms with Crippen LogP contribution in [0.3, 0.4) is 0 Å². The normalized spacial score (nSPS) is 12.7. The van der Waals surface area contributed by atoms with Gasteiger partial charge in [0.1, 0.15) is 18.1 Å². The van der Waals surface area contributed by atoms with Crippen LogP contribution in [0.1, 0.15) is 17.4 Å². The first-order valence-corrected chi connectivity index (χ1v) is 4.41. The van der Waals surface area contributed by atoms with E-state index in [1.165, 1.54) is 17.9 Å². The lowest BCUT2D eigenvalue weighted by Gasteiger charge is -2.04. The predicted molar refractivity (Wildman–Crippen MR) is 46.0 cm³/mol. The van der Waals surface area contributed by atoms with E-state index < -0.39 is 6.10 Å². The highest BCUT2D eigenvalue weighted by Gasteiger charge is 2.12. The molecule has 0 aliphatic rings. The van der Waals surface area contributed by atoms with Gasteiger partial charge in [-0.15, -0.1) is 5.10 Å². The maximum absolute atomic E-state index is 9.70. The predicted octanol–water partition coefficient (Wildman–Crippen LogP) is 0.410. The summed E-state index contributed by atoms with van der Waals surface area (Å²) in [4.78, 5) is 7.60. The molecule has 1 N–H and O–H groups in total. The van der Waals surface area contributed by atoms with Crippen molar-refractivity contribution in [1.82, 2.24) is 19.6 Å². The summed E-state index contributed by atoms with van der Waals surface area (Å²) in [6, 6.07) is 0. The number of aromatic nitrogens is 4. The molecular weight excluding hydrogens is 188 g/mol. The molecule has 2 aromatic rings. The van der Waals surface area contributed by atoms with E-state index in [0.29, 0.717) is 11.3 Å². The average Bonchev–Trinajstić information content (AvgIpc) is 2.71. The smallest absolute Gasteiger partial charge is 0.127 e. The Morgan fingerprint density at radius 2 is 2.08 bits per heavy atom. The highest BCUT2D eigenvalue weighted by Crippen LogP contribution is 2.18. The van der Waals surface area contributed by atoms with Crippen molar-refractivity contribution in [2.24, 2.45) is 0 Å². The molecule has 66 valence electrons. The van der Waals surface area contributed by atoms with Crippen LogP contribution in [0.4, 0.5) is 0 Å². The molecule has 0 radical (unpaired) electrons. The van der Waals surface area contributed by atoms with E-state index in [1.54, 1.807) is 17.8 Å². The molecule has 1 unspecified atom stereocenters. The average molecular weight is 194 g/mol. The summed E-state index contributed by atoms with van der Waals surface area (Å²) in [6.07, 6.45) is 3.74. The maximum Gasteiger partial charge on any atom is 0.127 e. The first-order chi connectivity index (χ1) is 6.38. The van der Waals surface area contributed by atoms with Gasteiger partial charge in [-0.2, -0.15) is 0 Å². The molecule has 0 aliphatic heterocycles. The van der Waals surface area contributed by atoms with Crippen molar-refractivity contribution >= 4 is 11.5 Å². The van der Waals surface area contributed by atoms with Gasteiger partial charge >= 0.3 is 0 Å². The molecule has 0 spiro atoms. The Labute approximate surface area is 78.3 Å². The van der Waals surface area contributed by atoms with Gasteiger partial charge in [0.05, 0.1) is 0 Å². The Bertz CT molecular complexity index is 363. The largest absolute Gasteiger partial charge is 0.382 e. The standard InChI is InChI=1S/C7H6N4OS/c12-7(6-3-13-11-10-6)5-1-8-4-9-2-5/h1-4,7,12H. The molecule has 2 rings (SSSR count). The molecule has 1 atom stereocenters. The molecule has 0 fully saturated rings. The number of hydrogen-bond donors (Lipinski definition) is 1. The van der Waals surface area contributed by atoms with Gasteiger partial charge in [0, 0.05) is 23.3 Å². The molecule has 13 heavy (non-hydrogen) atoms. The highest BCUT2D eigenvalue weighted by molar-refractivity contribution is 7.03.